The number of rotatable bonds is 7. The van der Waals surface area contributed by atoms with Crippen LogP contribution in [0.1, 0.15) is 11.1 Å². The predicted octanol–water partition coefficient (Wildman–Crippen LogP) is 3.23. The Hall–Kier alpha value is -2.11. The summed E-state index contributed by atoms with van der Waals surface area (Å²) in [6.07, 6.45) is 0.922. The summed E-state index contributed by atoms with van der Waals surface area (Å²) in [6.45, 7) is 2.91. The maximum absolute atomic E-state index is 5.61. The number of hydrogen-bond donors (Lipinski definition) is 1. The zero-order chi connectivity index (χ0) is 16.8. The first kappa shape index (κ1) is 19.2. The molecule has 5 nitrogen and oxygen atoms in total. The van der Waals surface area contributed by atoms with Crippen molar-refractivity contribution in [2.24, 2.45) is 0 Å². The van der Waals surface area contributed by atoms with E-state index in [-0.39, 0.29) is 12.4 Å². The van der Waals surface area contributed by atoms with Gasteiger partial charge in [-0.2, -0.15) is 0 Å². The molecule has 0 spiro atoms. The van der Waals surface area contributed by atoms with Gasteiger partial charge in [0.15, 0.2) is 23.0 Å². The number of fused-ring (bicyclic) bond motifs is 1. The largest absolute Gasteiger partial charge is 0.493 e. The molecule has 0 fully saturated rings. The molecule has 1 aliphatic heterocycles. The highest BCUT2D eigenvalue weighted by Gasteiger charge is 2.11. The van der Waals surface area contributed by atoms with Gasteiger partial charge in [-0.15, -0.1) is 12.4 Å². The molecule has 0 saturated heterocycles. The van der Waals surface area contributed by atoms with Gasteiger partial charge in [0.25, 0.3) is 0 Å². The lowest BCUT2D eigenvalue weighted by Crippen LogP contribution is -2.18. The van der Waals surface area contributed by atoms with Crippen molar-refractivity contribution in [1.29, 1.82) is 0 Å². The van der Waals surface area contributed by atoms with Crippen molar-refractivity contribution in [2.45, 2.75) is 13.0 Å². The van der Waals surface area contributed by atoms with Gasteiger partial charge in [0.2, 0.25) is 0 Å². The number of nitrogens with one attached hydrogen (secondary N) is 1. The fourth-order valence-electron chi connectivity index (χ4n) is 2.70. The molecular weight excluding hydrogens is 342 g/mol. The second-order valence-corrected chi connectivity index (χ2v) is 5.59. The predicted molar refractivity (Wildman–Crippen MR) is 99.6 cm³/mol. The lowest BCUT2D eigenvalue weighted by atomic mass is 10.1. The summed E-state index contributed by atoms with van der Waals surface area (Å²) in [4.78, 5) is 0. The molecule has 0 atom stereocenters. The summed E-state index contributed by atoms with van der Waals surface area (Å²) in [5.74, 6) is 3.18. The minimum Gasteiger partial charge on any atom is -0.493 e. The monoisotopic (exact) mass is 365 g/mol. The molecule has 0 amide bonds. The quantitative estimate of drug-likeness (QED) is 0.763. The van der Waals surface area contributed by atoms with Crippen molar-refractivity contribution in [3.8, 4) is 23.0 Å². The summed E-state index contributed by atoms with van der Waals surface area (Å²) >= 11 is 0. The van der Waals surface area contributed by atoms with Gasteiger partial charge in [-0.05, 0) is 48.4 Å². The molecule has 0 aromatic heterocycles. The third-order valence-corrected chi connectivity index (χ3v) is 3.97. The van der Waals surface area contributed by atoms with Crippen molar-refractivity contribution in [3.63, 3.8) is 0 Å². The van der Waals surface area contributed by atoms with Crippen molar-refractivity contribution in [3.05, 3.63) is 47.5 Å². The van der Waals surface area contributed by atoms with Gasteiger partial charge in [-0.1, -0.05) is 12.1 Å². The van der Waals surface area contributed by atoms with Gasteiger partial charge in [-0.3, -0.25) is 0 Å². The average molecular weight is 366 g/mol. The SMILES string of the molecule is COc1ccc(CCNCc2ccc3c(c2)OCCO3)cc1OC.Cl. The first-order valence-electron chi connectivity index (χ1n) is 8.10. The van der Waals surface area contributed by atoms with Crippen LogP contribution in [0, 0.1) is 0 Å². The van der Waals surface area contributed by atoms with E-state index >= 15 is 0 Å². The Morgan fingerprint density at radius 3 is 2.36 bits per heavy atom. The molecule has 1 N–H and O–H groups in total. The average Bonchev–Trinajstić information content (AvgIpc) is 2.65. The molecule has 0 aliphatic carbocycles. The van der Waals surface area contributed by atoms with Crippen LogP contribution in [0.2, 0.25) is 0 Å². The summed E-state index contributed by atoms with van der Waals surface area (Å²) in [5, 5.41) is 3.45. The molecule has 0 unspecified atom stereocenters. The van der Waals surface area contributed by atoms with E-state index in [0.717, 1.165) is 42.5 Å². The highest BCUT2D eigenvalue weighted by molar-refractivity contribution is 5.85. The zero-order valence-electron chi connectivity index (χ0n) is 14.5. The van der Waals surface area contributed by atoms with Crippen LogP contribution >= 0.6 is 12.4 Å². The van der Waals surface area contributed by atoms with Crippen molar-refractivity contribution in [2.75, 3.05) is 34.0 Å². The topological polar surface area (TPSA) is 49.0 Å². The molecule has 0 radical (unpaired) electrons. The highest BCUT2D eigenvalue weighted by Crippen LogP contribution is 2.30. The van der Waals surface area contributed by atoms with Crippen LogP contribution in [0.5, 0.6) is 23.0 Å². The molecule has 0 saturated carbocycles. The van der Waals surface area contributed by atoms with E-state index in [1.807, 2.05) is 24.3 Å². The van der Waals surface area contributed by atoms with Gasteiger partial charge >= 0.3 is 0 Å². The Morgan fingerprint density at radius 1 is 0.880 bits per heavy atom. The van der Waals surface area contributed by atoms with Crippen LogP contribution in [0.3, 0.4) is 0 Å². The fraction of sp³-hybridized carbons (Fsp3) is 0.368. The fourth-order valence-corrected chi connectivity index (χ4v) is 2.70. The first-order valence-corrected chi connectivity index (χ1v) is 8.10. The third kappa shape index (κ3) is 4.94. The summed E-state index contributed by atoms with van der Waals surface area (Å²) in [5.41, 5.74) is 2.40. The maximum atomic E-state index is 5.61. The van der Waals surface area contributed by atoms with Gasteiger partial charge in [0, 0.05) is 6.54 Å². The van der Waals surface area contributed by atoms with E-state index in [1.165, 1.54) is 11.1 Å². The summed E-state index contributed by atoms with van der Waals surface area (Å²) in [7, 11) is 3.30. The number of benzene rings is 2. The normalized spacial score (nSPS) is 12.2. The van der Waals surface area contributed by atoms with Crippen LogP contribution < -0.4 is 24.3 Å². The molecule has 3 rings (SSSR count). The number of methoxy groups -OCH3 is 2. The van der Waals surface area contributed by atoms with Gasteiger partial charge < -0.3 is 24.3 Å². The molecule has 6 heteroatoms. The Morgan fingerprint density at radius 2 is 1.60 bits per heavy atom. The summed E-state index contributed by atoms with van der Waals surface area (Å²) in [6, 6.07) is 12.1. The van der Waals surface area contributed by atoms with Crippen LogP contribution in [0.15, 0.2) is 36.4 Å². The molecule has 2 aromatic carbocycles. The number of ether oxygens (including phenoxy) is 4. The minimum absolute atomic E-state index is 0. The van der Waals surface area contributed by atoms with E-state index in [2.05, 4.69) is 17.4 Å². The molecular formula is C19H24ClNO4. The van der Waals surface area contributed by atoms with Gasteiger partial charge in [0.05, 0.1) is 14.2 Å². The van der Waals surface area contributed by atoms with Crippen LogP contribution in [-0.2, 0) is 13.0 Å². The van der Waals surface area contributed by atoms with Crippen molar-refractivity contribution >= 4 is 12.4 Å². The standard InChI is InChI=1S/C19H23NO4.ClH/c1-21-16-5-3-14(11-18(16)22-2)7-8-20-13-15-4-6-17-19(12-15)24-10-9-23-17;/h3-6,11-12,20H,7-10,13H2,1-2H3;1H. The van der Waals surface area contributed by atoms with E-state index < -0.39 is 0 Å². The number of hydrogen-bond acceptors (Lipinski definition) is 5. The van der Waals surface area contributed by atoms with E-state index in [0.29, 0.717) is 13.2 Å². The van der Waals surface area contributed by atoms with E-state index in [4.69, 9.17) is 18.9 Å². The molecule has 1 aliphatic rings. The molecule has 25 heavy (non-hydrogen) atoms. The third-order valence-electron chi connectivity index (χ3n) is 3.97. The molecule has 136 valence electrons. The Labute approximate surface area is 154 Å². The van der Waals surface area contributed by atoms with E-state index in [9.17, 15) is 0 Å². The Bertz CT molecular complexity index is 652. The lowest BCUT2D eigenvalue weighted by Gasteiger charge is -2.19. The molecule has 0 bridgehead atoms. The van der Waals surface area contributed by atoms with Crippen LogP contribution in [0.4, 0.5) is 0 Å². The van der Waals surface area contributed by atoms with Crippen molar-refractivity contribution in [1.82, 2.24) is 5.32 Å². The smallest absolute Gasteiger partial charge is 0.161 e. The van der Waals surface area contributed by atoms with Crippen LogP contribution in [-0.4, -0.2) is 34.0 Å². The van der Waals surface area contributed by atoms with Crippen molar-refractivity contribution < 1.29 is 18.9 Å². The Balaban J connectivity index is 0.00000225. The van der Waals surface area contributed by atoms with Gasteiger partial charge in [-0.25, -0.2) is 0 Å². The zero-order valence-corrected chi connectivity index (χ0v) is 15.4. The second-order valence-electron chi connectivity index (χ2n) is 5.59. The number of halogens is 1. The second kappa shape index (κ2) is 9.39. The van der Waals surface area contributed by atoms with Crippen LogP contribution in [0.25, 0.3) is 0 Å². The summed E-state index contributed by atoms with van der Waals surface area (Å²) < 4.78 is 21.7. The maximum Gasteiger partial charge on any atom is 0.161 e. The first-order chi connectivity index (χ1) is 11.8. The minimum atomic E-state index is 0. The Kier molecular flexibility index (Phi) is 7.22. The van der Waals surface area contributed by atoms with Gasteiger partial charge in [0.1, 0.15) is 13.2 Å². The van der Waals surface area contributed by atoms with E-state index in [1.54, 1.807) is 14.2 Å². The molecule has 2 aromatic rings. The highest BCUT2D eigenvalue weighted by atomic mass is 35.5. The lowest BCUT2D eigenvalue weighted by molar-refractivity contribution is 0.171. The molecule has 1 heterocycles.